The molecule has 0 aliphatic carbocycles. The molecule has 0 bridgehead atoms. The van der Waals surface area contributed by atoms with Gasteiger partial charge in [-0.25, -0.2) is 8.42 Å². The summed E-state index contributed by atoms with van der Waals surface area (Å²) in [5.41, 5.74) is 1.37. The van der Waals surface area contributed by atoms with Crippen LogP contribution >= 0.6 is 22.9 Å². The number of methoxy groups -OCH3 is 1. The zero-order chi connectivity index (χ0) is 22.4. The largest absolute Gasteiger partial charge is 0.497 e. The highest BCUT2D eigenvalue weighted by atomic mass is 35.5. The summed E-state index contributed by atoms with van der Waals surface area (Å²) in [6.45, 7) is 0.171. The Morgan fingerprint density at radius 3 is 2.42 bits per heavy atom. The zero-order valence-corrected chi connectivity index (χ0v) is 19.3. The van der Waals surface area contributed by atoms with Crippen molar-refractivity contribution >= 4 is 49.7 Å². The Kier molecular flexibility index (Phi) is 7.47. The number of nitrogens with one attached hydrogen (secondary N) is 1. The number of amides is 1. The van der Waals surface area contributed by atoms with Gasteiger partial charge in [-0.3, -0.25) is 9.10 Å². The minimum atomic E-state index is -3.49. The summed E-state index contributed by atoms with van der Waals surface area (Å²) in [4.78, 5) is 12.3. The third-order valence-electron chi connectivity index (χ3n) is 4.29. The van der Waals surface area contributed by atoms with E-state index >= 15 is 0 Å². The van der Waals surface area contributed by atoms with Crippen LogP contribution in [-0.2, 0) is 14.8 Å². The van der Waals surface area contributed by atoms with E-state index in [1.165, 1.54) is 15.6 Å². The SMILES string of the molecule is COc1ccc(N(CCCC(=O)Nc2nnc(-c3ccc(Cl)cc3)s2)S(C)(=O)=O)cc1. The third kappa shape index (κ3) is 6.39. The highest BCUT2D eigenvalue weighted by Gasteiger charge is 2.18. The van der Waals surface area contributed by atoms with Crippen molar-refractivity contribution in [2.75, 3.05) is 29.5 Å². The van der Waals surface area contributed by atoms with Gasteiger partial charge in [-0.2, -0.15) is 0 Å². The second kappa shape index (κ2) is 10.1. The van der Waals surface area contributed by atoms with Gasteiger partial charge >= 0.3 is 0 Å². The summed E-state index contributed by atoms with van der Waals surface area (Å²) in [5, 5.41) is 12.4. The van der Waals surface area contributed by atoms with Gasteiger partial charge in [0, 0.05) is 23.6 Å². The van der Waals surface area contributed by atoms with Gasteiger partial charge in [-0.05, 0) is 42.8 Å². The van der Waals surface area contributed by atoms with Gasteiger partial charge in [-0.1, -0.05) is 35.1 Å². The van der Waals surface area contributed by atoms with E-state index in [2.05, 4.69) is 15.5 Å². The number of hydrogen-bond donors (Lipinski definition) is 1. The summed E-state index contributed by atoms with van der Waals surface area (Å²) in [5.74, 6) is 0.369. The summed E-state index contributed by atoms with van der Waals surface area (Å²) in [6, 6.07) is 13.9. The Morgan fingerprint density at radius 2 is 1.81 bits per heavy atom. The molecule has 0 saturated carbocycles. The van der Waals surface area contributed by atoms with E-state index in [1.807, 2.05) is 12.1 Å². The second-order valence-electron chi connectivity index (χ2n) is 6.60. The molecular weight excluding hydrogens is 460 g/mol. The van der Waals surface area contributed by atoms with Crippen LogP contribution in [-0.4, -0.2) is 44.4 Å². The molecule has 0 unspecified atom stereocenters. The third-order valence-corrected chi connectivity index (χ3v) is 6.62. The maximum absolute atomic E-state index is 12.3. The molecule has 0 aliphatic heterocycles. The monoisotopic (exact) mass is 480 g/mol. The molecule has 0 atom stereocenters. The number of carbonyl (C=O) groups excluding carboxylic acids is 1. The number of sulfonamides is 1. The number of hydrogen-bond acceptors (Lipinski definition) is 7. The number of carbonyl (C=O) groups is 1. The highest BCUT2D eigenvalue weighted by Crippen LogP contribution is 2.27. The van der Waals surface area contributed by atoms with Crippen LogP contribution in [0.15, 0.2) is 48.5 Å². The van der Waals surface area contributed by atoms with Crippen molar-refractivity contribution in [3.8, 4) is 16.3 Å². The summed E-state index contributed by atoms with van der Waals surface area (Å²) < 4.78 is 30.7. The van der Waals surface area contributed by atoms with Crippen molar-refractivity contribution < 1.29 is 17.9 Å². The Balaban J connectivity index is 1.56. The van der Waals surface area contributed by atoms with Crippen LogP contribution in [0.25, 0.3) is 10.6 Å². The van der Waals surface area contributed by atoms with Crippen LogP contribution in [0, 0.1) is 0 Å². The molecule has 164 valence electrons. The topological polar surface area (TPSA) is 101 Å². The minimum Gasteiger partial charge on any atom is -0.497 e. The van der Waals surface area contributed by atoms with E-state index in [4.69, 9.17) is 16.3 Å². The van der Waals surface area contributed by atoms with Gasteiger partial charge in [0.15, 0.2) is 0 Å². The van der Waals surface area contributed by atoms with Crippen LogP contribution < -0.4 is 14.4 Å². The van der Waals surface area contributed by atoms with Crippen LogP contribution in [0.4, 0.5) is 10.8 Å². The number of rotatable bonds is 9. The lowest BCUT2D eigenvalue weighted by Gasteiger charge is -2.22. The molecule has 1 heterocycles. The second-order valence-corrected chi connectivity index (χ2v) is 9.92. The maximum atomic E-state index is 12.3. The Labute approximate surface area is 189 Å². The smallest absolute Gasteiger partial charge is 0.232 e. The number of nitrogens with zero attached hydrogens (tertiary/aromatic N) is 3. The molecule has 8 nitrogen and oxygen atoms in total. The molecule has 1 N–H and O–H groups in total. The molecule has 1 aromatic heterocycles. The lowest BCUT2D eigenvalue weighted by molar-refractivity contribution is -0.116. The Morgan fingerprint density at radius 1 is 1.13 bits per heavy atom. The highest BCUT2D eigenvalue weighted by molar-refractivity contribution is 7.92. The number of aromatic nitrogens is 2. The lowest BCUT2D eigenvalue weighted by Crippen LogP contribution is -2.31. The Hall–Kier alpha value is -2.69. The molecule has 1 amide bonds. The van der Waals surface area contributed by atoms with E-state index in [0.717, 1.165) is 11.8 Å². The van der Waals surface area contributed by atoms with E-state index in [9.17, 15) is 13.2 Å². The minimum absolute atomic E-state index is 0.137. The van der Waals surface area contributed by atoms with Crippen LogP contribution in [0.5, 0.6) is 5.75 Å². The predicted octanol–water partition coefficient (Wildman–Crippen LogP) is 4.05. The molecule has 0 spiro atoms. The number of anilines is 2. The van der Waals surface area contributed by atoms with Crippen molar-refractivity contribution in [2.45, 2.75) is 12.8 Å². The first-order valence-electron chi connectivity index (χ1n) is 9.27. The molecule has 2 aromatic carbocycles. The Bertz CT molecular complexity index is 1130. The normalized spacial score (nSPS) is 11.2. The van der Waals surface area contributed by atoms with Crippen molar-refractivity contribution in [1.29, 1.82) is 0 Å². The van der Waals surface area contributed by atoms with E-state index in [0.29, 0.717) is 33.0 Å². The summed E-state index contributed by atoms with van der Waals surface area (Å²) >= 11 is 7.14. The van der Waals surface area contributed by atoms with E-state index in [1.54, 1.807) is 43.5 Å². The molecule has 11 heteroatoms. The van der Waals surface area contributed by atoms with Crippen LogP contribution in [0.2, 0.25) is 5.02 Å². The van der Waals surface area contributed by atoms with Gasteiger partial charge in [0.05, 0.1) is 19.1 Å². The first-order valence-corrected chi connectivity index (χ1v) is 12.3. The average Bonchev–Trinajstić information content (AvgIpc) is 3.19. The van der Waals surface area contributed by atoms with Gasteiger partial charge in [0.25, 0.3) is 0 Å². The van der Waals surface area contributed by atoms with Gasteiger partial charge in [0.1, 0.15) is 10.8 Å². The molecule has 0 radical (unpaired) electrons. The zero-order valence-electron chi connectivity index (χ0n) is 16.9. The molecule has 0 fully saturated rings. The molecule has 0 saturated heterocycles. The fraction of sp³-hybridized carbons (Fsp3) is 0.250. The van der Waals surface area contributed by atoms with Gasteiger partial charge in [-0.15, -0.1) is 10.2 Å². The quantitative estimate of drug-likeness (QED) is 0.495. The first kappa shape index (κ1) is 23.0. The fourth-order valence-electron chi connectivity index (χ4n) is 2.78. The lowest BCUT2D eigenvalue weighted by atomic mass is 10.2. The summed E-state index contributed by atoms with van der Waals surface area (Å²) in [6.07, 6.45) is 1.61. The number of benzene rings is 2. The first-order chi connectivity index (χ1) is 14.8. The number of halogens is 1. The van der Waals surface area contributed by atoms with Crippen LogP contribution in [0.1, 0.15) is 12.8 Å². The van der Waals surface area contributed by atoms with E-state index < -0.39 is 10.0 Å². The number of ether oxygens (including phenoxy) is 1. The summed E-state index contributed by atoms with van der Waals surface area (Å²) in [7, 11) is -1.95. The standard InChI is InChI=1S/C20H21ClN4O4S2/c1-29-17-11-9-16(10-12-17)25(31(2,27)28)13-3-4-18(26)22-20-24-23-19(30-20)14-5-7-15(21)8-6-14/h5-12H,3-4,13H2,1-2H3,(H,22,24,26). The van der Waals surface area contributed by atoms with Crippen molar-refractivity contribution in [2.24, 2.45) is 0 Å². The molecule has 3 aromatic rings. The fourth-order valence-corrected chi connectivity index (χ4v) is 4.64. The average molecular weight is 481 g/mol. The maximum Gasteiger partial charge on any atom is 0.232 e. The molecular formula is C20H21ClN4O4S2. The van der Waals surface area contributed by atoms with Crippen molar-refractivity contribution in [1.82, 2.24) is 10.2 Å². The van der Waals surface area contributed by atoms with Crippen molar-refractivity contribution in [3.05, 3.63) is 53.6 Å². The predicted molar refractivity (Wildman–Crippen MR) is 123 cm³/mol. The van der Waals surface area contributed by atoms with Crippen molar-refractivity contribution in [3.63, 3.8) is 0 Å². The van der Waals surface area contributed by atoms with E-state index in [-0.39, 0.29) is 18.9 Å². The molecule has 31 heavy (non-hydrogen) atoms. The molecule has 3 rings (SSSR count). The van der Waals surface area contributed by atoms with Gasteiger partial charge < -0.3 is 10.1 Å². The molecule has 0 aliphatic rings. The van der Waals surface area contributed by atoms with Gasteiger partial charge in [0.2, 0.25) is 21.1 Å². The van der Waals surface area contributed by atoms with Crippen LogP contribution in [0.3, 0.4) is 0 Å².